The lowest BCUT2D eigenvalue weighted by molar-refractivity contribution is -0.111. The van der Waals surface area contributed by atoms with Crippen LogP contribution in [0.1, 0.15) is 5.76 Å². The zero-order valence-electron chi connectivity index (χ0n) is 13.0. The minimum atomic E-state index is -0.312. The number of rotatable bonds is 4. The van der Waals surface area contributed by atoms with Crippen LogP contribution in [-0.4, -0.2) is 5.91 Å². The van der Waals surface area contributed by atoms with Gasteiger partial charge in [0.05, 0.1) is 10.7 Å². The molecular weight excluding hydrogens is 404 g/mol. The number of hydrogen-bond donors (Lipinski definition) is 2. The fourth-order valence-electron chi connectivity index (χ4n) is 2.18. The van der Waals surface area contributed by atoms with Gasteiger partial charge < -0.3 is 15.5 Å². The van der Waals surface area contributed by atoms with Gasteiger partial charge in [-0.3, -0.25) is 4.79 Å². The summed E-state index contributed by atoms with van der Waals surface area (Å²) < 4.78 is 6.73. The van der Waals surface area contributed by atoms with Gasteiger partial charge >= 0.3 is 0 Å². The predicted octanol–water partition coefficient (Wildman–Crippen LogP) is 5.60. The number of nitrogens with one attached hydrogen (secondary N) is 1. The maximum Gasteiger partial charge on any atom is 0.248 e. The Bertz CT molecular complexity index is 933. The van der Waals surface area contributed by atoms with Crippen molar-refractivity contribution in [2.75, 3.05) is 11.1 Å². The average molecular weight is 418 g/mol. The van der Waals surface area contributed by atoms with Crippen molar-refractivity contribution in [3.05, 3.63) is 75.9 Å². The number of anilines is 2. The number of halogens is 2. The van der Waals surface area contributed by atoms with Crippen molar-refractivity contribution in [2.24, 2.45) is 0 Å². The summed E-state index contributed by atoms with van der Waals surface area (Å²) >= 11 is 9.43. The van der Waals surface area contributed by atoms with Gasteiger partial charge in [-0.2, -0.15) is 0 Å². The predicted molar refractivity (Wildman–Crippen MR) is 105 cm³/mol. The lowest BCUT2D eigenvalue weighted by atomic mass is 10.2. The van der Waals surface area contributed by atoms with Crippen LogP contribution in [0.25, 0.3) is 17.4 Å². The molecule has 25 heavy (non-hydrogen) atoms. The smallest absolute Gasteiger partial charge is 0.248 e. The van der Waals surface area contributed by atoms with E-state index in [0.29, 0.717) is 22.2 Å². The third-order valence-corrected chi connectivity index (χ3v) is 4.25. The highest BCUT2D eigenvalue weighted by Gasteiger charge is 2.05. The molecule has 3 rings (SSSR count). The molecule has 0 saturated carbocycles. The molecule has 126 valence electrons. The largest absolute Gasteiger partial charge is 0.457 e. The fourth-order valence-corrected chi connectivity index (χ4v) is 2.68. The van der Waals surface area contributed by atoms with Crippen LogP contribution in [0.2, 0.25) is 5.02 Å². The summed E-state index contributed by atoms with van der Waals surface area (Å²) in [6, 6.07) is 16.4. The summed E-state index contributed by atoms with van der Waals surface area (Å²) in [5, 5.41) is 3.08. The maximum atomic E-state index is 12.0. The van der Waals surface area contributed by atoms with E-state index in [1.54, 1.807) is 30.3 Å². The van der Waals surface area contributed by atoms with Gasteiger partial charge in [-0.1, -0.05) is 39.7 Å². The Labute approximate surface area is 158 Å². The number of amides is 1. The minimum Gasteiger partial charge on any atom is -0.457 e. The molecule has 1 aromatic heterocycles. The van der Waals surface area contributed by atoms with Crippen LogP contribution in [-0.2, 0) is 4.79 Å². The molecule has 3 aromatic rings. The number of carbonyl (C=O) groups excluding carboxylic acids is 1. The highest BCUT2D eigenvalue weighted by molar-refractivity contribution is 9.10. The highest BCUT2D eigenvalue weighted by Crippen LogP contribution is 2.25. The van der Waals surface area contributed by atoms with Crippen molar-refractivity contribution < 1.29 is 9.21 Å². The van der Waals surface area contributed by atoms with E-state index in [0.717, 1.165) is 15.8 Å². The lowest BCUT2D eigenvalue weighted by Gasteiger charge is -2.05. The van der Waals surface area contributed by atoms with Gasteiger partial charge in [0.15, 0.2) is 0 Å². The highest BCUT2D eigenvalue weighted by atomic mass is 79.9. The van der Waals surface area contributed by atoms with Crippen LogP contribution in [0.4, 0.5) is 11.4 Å². The third-order valence-electron chi connectivity index (χ3n) is 3.41. The first kappa shape index (κ1) is 17.3. The van der Waals surface area contributed by atoms with Crippen molar-refractivity contribution >= 4 is 50.9 Å². The number of carbonyl (C=O) groups is 1. The SMILES string of the molecule is Nc1ccc(NC(=O)/C=C/c2ccc(-c3ccc(Br)cc3)o2)c(Cl)c1. The normalized spacial score (nSPS) is 11.0. The van der Waals surface area contributed by atoms with Crippen molar-refractivity contribution in [3.8, 4) is 11.3 Å². The van der Waals surface area contributed by atoms with Gasteiger partial charge in [0.1, 0.15) is 11.5 Å². The van der Waals surface area contributed by atoms with Crippen LogP contribution in [0, 0.1) is 0 Å². The summed E-state index contributed by atoms with van der Waals surface area (Å²) in [5.74, 6) is 0.999. The number of benzene rings is 2. The topological polar surface area (TPSA) is 68.3 Å². The minimum absolute atomic E-state index is 0.312. The van der Waals surface area contributed by atoms with Crippen LogP contribution in [0.15, 0.2) is 69.6 Å². The van der Waals surface area contributed by atoms with E-state index >= 15 is 0 Å². The van der Waals surface area contributed by atoms with E-state index < -0.39 is 0 Å². The molecule has 0 aliphatic carbocycles. The Kier molecular flexibility index (Phi) is 5.26. The summed E-state index contributed by atoms with van der Waals surface area (Å²) in [4.78, 5) is 12.0. The van der Waals surface area contributed by atoms with Gasteiger partial charge in [-0.05, 0) is 48.5 Å². The number of hydrogen-bond acceptors (Lipinski definition) is 3. The maximum absolute atomic E-state index is 12.0. The second-order valence-corrected chi connectivity index (χ2v) is 6.59. The molecule has 0 radical (unpaired) electrons. The first-order valence-corrected chi connectivity index (χ1v) is 8.58. The number of nitrogens with two attached hydrogens (primary N) is 1. The van der Waals surface area contributed by atoms with E-state index in [9.17, 15) is 4.79 Å². The summed E-state index contributed by atoms with van der Waals surface area (Å²) in [5.41, 5.74) is 7.62. The van der Waals surface area contributed by atoms with E-state index in [-0.39, 0.29) is 5.91 Å². The van der Waals surface area contributed by atoms with Gasteiger partial charge in [0.2, 0.25) is 5.91 Å². The first-order chi connectivity index (χ1) is 12.0. The molecule has 1 amide bonds. The molecule has 3 N–H and O–H groups in total. The quantitative estimate of drug-likeness (QED) is 0.429. The van der Waals surface area contributed by atoms with Crippen molar-refractivity contribution in [3.63, 3.8) is 0 Å². The monoisotopic (exact) mass is 416 g/mol. The average Bonchev–Trinajstić information content (AvgIpc) is 3.05. The van der Waals surface area contributed by atoms with Gasteiger partial charge in [-0.25, -0.2) is 0 Å². The van der Waals surface area contributed by atoms with Gasteiger partial charge in [0.25, 0.3) is 0 Å². The fraction of sp³-hybridized carbons (Fsp3) is 0. The molecule has 4 nitrogen and oxygen atoms in total. The molecule has 0 spiro atoms. The van der Waals surface area contributed by atoms with Crippen LogP contribution in [0.3, 0.4) is 0 Å². The molecule has 0 fully saturated rings. The Morgan fingerprint density at radius 1 is 1.12 bits per heavy atom. The number of nitrogen functional groups attached to an aromatic ring is 1. The molecule has 0 aliphatic rings. The van der Waals surface area contributed by atoms with Gasteiger partial charge in [0, 0.05) is 21.8 Å². The molecule has 0 unspecified atom stereocenters. The molecule has 2 aromatic carbocycles. The molecule has 0 bridgehead atoms. The number of furan rings is 1. The van der Waals surface area contributed by atoms with Gasteiger partial charge in [-0.15, -0.1) is 0 Å². The van der Waals surface area contributed by atoms with E-state index in [1.807, 2.05) is 30.3 Å². The summed E-state index contributed by atoms with van der Waals surface area (Å²) in [7, 11) is 0. The standard InChI is InChI=1S/C19H14BrClN2O2/c20-13-3-1-12(2-4-13)18-9-6-15(25-18)7-10-19(24)23-17-8-5-14(22)11-16(17)21/h1-11H,22H2,(H,23,24)/b10-7+. The molecule has 1 heterocycles. The van der Waals surface area contributed by atoms with Crippen molar-refractivity contribution in [2.45, 2.75) is 0 Å². The molecular formula is C19H14BrClN2O2. The van der Waals surface area contributed by atoms with Crippen LogP contribution >= 0.6 is 27.5 Å². The van der Waals surface area contributed by atoms with E-state index in [4.69, 9.17) is 21.8 Å². The molecule has 0 atom stereocenters. The van der Waals surface area contributed by atoms with Crippen LogP contribution in [0.5, 0.6) is 0 Å². The van der Waals surface area contributed by atoms with Crippen molar-refractivity contribution in [1.82, 2.24) is 0 Å². The second-order valence-electron chi connectivity index (χ2n) is 5.27. The summed E-state index contributed by atoms with van der Waals surface area (Å²) in [6.45, 7) is 0. The zero-order chi connectivity index (χ0) is 17.8. The summed E-state index contributed by atoms with van der Waals surface area (Å²) in [6.07, 6.45) is 2.99. The Balaban J connectivity index is 1.67. The molecule has 6 heteroatoms. The van der Waals surface area contributed by atoms with Crippen LogP contribution < -0.4 is 11.1 Å². The van der Waals surface area contributed by atoms with E-state index in [2.05, 4.69) is 21.2 Å². The lowest BCUT2D eigenvalue weighted by Crippen LogP contribution is -2.08. The Hall–Kier alpha value is -2.50. The molecule has 0 saturated heterocycles. The second kappa shape index (κ2) is 7.59. The van der Waals surface area contributed by atoms with Crippen molar-refractivity contribution in [1.29, 1.82) is 0 Å². The Morgan fingerprint density at radius 2 is 1.88 bits per heavy atom. The first-order valence-electron chi connectivity index (χ1n) is 7.41. The third kappa shape index (κ3) is 4.53. The van der Waals surface area contributed by atoms with E-state index in [1.165, 1.54) is 6.08 Å². The Morgan fingerprint density at radius 3 is 2.60 bits per heavy atom. The molecule has 0 aliphatic heterocycles. The zero-order valence-corrected chi connectivity index (χ0v) is 15.3.